The number of carbonyl (C=O) groups is 1. The quantitative estimate of drug-likeness (QED) is 0.683. The van der Waals surface area contributed by atoms with Gasteiger partial charge in [0.2, 0.25) is 5.91 Å². The molecule has 1 amide bonds. The van der Waals surface area contributed by atoms with Crippen LogP contribution in [0.1, 0.15) is 32.3 Å². The van der Waals surface area contributed by atoms with Gasteiger partial charge in [0, 0.05) is 12.1 Å². The van der Waals surface area contributed by atoms with Crippen LogP contribution in [0.4, 0.5) is 19.0 Å². The summed E-state index contributed by atoms with van der Waals surface area (Å²) in [5.74, 6) is -0.716. The third-order valence-corrected chi connectivity index (χ3v) is 8.45. The Morgan fingerprint density at radius 1 is 1.17 bits per heavy atom. The summed E-state index contributed by atoms with van der Waals surface area (Å²) in [6.07, 6.45) is -2.62. The molecule has 1 heterocycles. The van der Waals surface area contributed by atoms with E-state index < -0.39 is 32.2 Å². The molecule has 5 nitrogen and oxygen atoms in total. The van der Waals surface area contributed by atoms with Crippen LogP contribution in [0.5, 0.6) is 0 Å². The summed E-state index contributed by atoms with van der Waals surface area (Å²) in [6.45, 7) is 2.98. The number of hydrogen-bond acceptors (Lipinski definition) is 4. The fourth-order valence-electron chi connectivity index (χ4n) is 3.44. The lowest BCUT2D eigenvalue weighted by Gasteiger charge is -2.44. The van der Waals surface area contributed by atoms with Gasteiger partial charge in [-0.05, 0) is 62.9 Å². The highest BCUT2D eigenvalue weighted by atomic mass is 35.5. The first kappa shape index (κ1) is 22.6. The van der Waals surface area contributed by atoms with E-state index in [9.17, 15) is 26.4 Å². The largest absolute Gasteiger partial charge is 0.416 e. The molecule has 0 aliphatic heterocycles. The predicted molar refractivity (Wildman–Crippen MR) is 107 cm³/mol. The first-order chi connectivity index (χ1) is 13.8. The first-order valence-corrected chi connectivity index (χ1v) is 11.0. The Morgan fingerprint density at radius 3 is 2.40 bits per heavy atom. The molecule has 10 heteroatoms. The maximum Gasteiger partial charge on any atom is 0.416 e. The number of pyridine rings is 1. The summed E-state index contributed by atoms with van der Waals surface area (Å²) < 4.78 is 63.8. The van der Waals surface area contributed by atoms with Crippen LogP contribution in [0.3, 0.4) is 0 Å². The third-order valence-electron chi connectivity index (χ3n) is 5.63. The van der Waals surface area contributed by atoms with Crippen molar-refractivity contribution in [1.29, 1.82) is 0 Å². The first-order valence-electron chi connectivity index (χ1n) is 9.16. The van der Waals surface area contributed by atoms with Crippen LogP contribution in [-0.2, 0) is 20.8 Å². The van der Waals surface area contributed by atoms with Crippen LogP contribution in [0.15, 0.2) is 47.5 Å². The number of hydrogen-bond donors (Lipinski definition) is 1. The van der Waals surface area contributed by atoms with E-state index in [1.807, 2.05) is 0 Å². The van der Waals surface area contributed by atoms with E-state index in [0.717, 1.165) is 12.1 Å². The van der Waals surface area contributed by atoms with Crippen molar-refractivity contribution in [2.24, 2.45) is 11.8 Å². The van der Waals surface area contributed by atoms with Crippen LogP contribution in [-0.4, -0.2) is 24.1 Å². The summed E-state index contributed by atoms with van der Waals surface area (Å²) in [5.41, 5.74) is -1.01. The predicted octanol–water partition coefficient (Wildman–Crippen LogP) is 4.97. The standard InChI is InChI=1S/C20H20ClF3N2O3S/c1-19(2,30(28,29)16-5-3-4-13(10-16)20(22,23)24)14-8-12(9-14)18(27)26-17-7-6-15(21)11-25-17/h3-7,10-12,14H,8-9H2,1-2H3,(H,25,26,27). The zero-order valence-electron chi connectivity index (χ0n) is 16.2. The SMILES string of the molecule is CC(C)(C1CC(C(=O)Nc2ccc(Cl)cn2)C1)S(=O)(=O)c1cccc(C(F)(F)F)c1. The average molecular weight is 461 g/mol. The molecule has 0 spiro atoms. The molecular formula is C20H20ClF3N2O3S. The number of carbonyl (C=O) groups excluding carboxylic acids is 1. The van der Waals surface area contributed by atoms with Gasteiger partial charge in [-0.3, -0.25) is 4.79 Å². The van der Waals surface area contributed by atoms with Crippen LogP contribution in [0.2, 0.25) is 5.02 Å². The number of benzene rings is 1. The Kier molecular flexibility index (Phi) is 5.90. The molecule has 0 unspecified atom stereocenters. The van der Waals surface area contributed by atoms with Gasteiger partial charge >= 0.3 is 6.18 Å². The lowest BCUT2D eigenvalue weighted by Crippen LogP contribution is -2.49. The molecule has 30 heavy (non-hydrogen) atoms. The number of alkyl halides is 3. The van der Waals surface area contributed by atoms with Crippen molar-refractivity contribution in [3.8, 4) is 0 Å². The van der Waals surface area contributed by atoms with Gasteiger partial charge in [0.25, 0.3) is 0 Å². The van der Waals surface area contributed by atoms with E-state index >= 15 is 0 Å². The van der Waals surface area contributed by atoms with Crippen molar-refractivity contribution in [3.05, 3.63) is 53.2 Å². The Balaban J connectivity index is 1.71. The number of rotatable bonds is 5. The number of anilines is 1. The van der Waals surface area contributed by atoms with Crippen LogP contribution < -0.4 is 5.32 Å². The number of halogens is 4. The van der Waals surface area contributed by atoms with E-state index in [1.54, 1.807) is 12.1 Å². The van der Waals surface area contributed by atoms with Gasteiger partial charge in [0.05, 0.1) is 20.2 Å². The highest BCUT2D eigenvalue weighted by Crippen LogP contribution is 2.47. The van der Waals surface area contributed by atoms with Crippen LogP contribution in [0, 0.1) is 11.8 Å². The van der Waals surface area contributed by atoms with Gasteiger partial charge in [-0.15, -0.1) is 0 Å². The second-order valence-corrected chi connectivity index (χ2v) is 10.8. The summed E-state index contributed by atoms with van der Waals surface area (Å²) in [6, 6.07) is 6.88. The van der Waals surface area contributed by atoms with E-state index in [1.165, 1.54) is 26.1 Å². The summed E-state index contributed by atoms with van der Waals surface area (Å²) in [5, 5.41) is 3.08. The minimum Gasteiger partial charge on any atom is -0.310 e. The molecule has 2 aromatic rings. The molecular weight excluding hydrogens is 441 g/mol. The van der Waals surface area contributed by atoms with Gasteiger partial charge in [-0.25, -0.2) is 13.4 Å². The third kappa shape index (κ3) is 4.32. The Bertz CT molecular complexity index is 1050. The molecule has 1 aliphatic rings. The molecule has 1 aromatic heterocycles. The van der Waals surface area contributed by atoms with E-state index in [2.05, 4.69) is 10.3 Å². The van der Waals surface area contributed by atoms with Gasteiger partial charge in [0.15, 0.2) is 9.84 Å². The molecule has 1 N–H and O–H groups in total. The van der Waals surface area contributed by atoms with Crippen molar-refractivity contribution >= 4 is 33.2 Å². The van der Waals surface area contributed by atoms with E-state index in [-0.39, 0.29) is 16.7 Å². The van der Waals surface area contributed by atoms with E-state index in [4.69, 9.17) is 11.6 Å². The lowest BCUT2D eigenvalue weighted by atomic mass is 9.68. The highest BCUT2D eigenvalue weighted by Gasteiger charge is 2.50. The minimum atomic E-state index is -4.63. The van der Waals surface area contributed by atoms with Crippen molar-refractivity contribution in [2.45, 2.75) is 42.5 Å². The van der Waals surface area contributed by atoms with Crippen molar-refractivity contribution in [1.82, 2.24) is 4.98 Å². The monoisotopic (exact) mass is 460 g/mol. The number of aromatic nitrogens is 1. The number of nitrogens with one attached hydrogen (secondary N) is 1. The fraction of sp³-hybridized carbons (Fsp3) is 0.400. The molecule has 3 rings (SSSR count). The molecule has 0 bridgehead atoms. The average Bonchev–Trinajstić information content (AvgIpc) is 2.61. The zero-order chi connectivity index (χ0) is 22.3. The second-order valence-electron chi connectivity index (χ2n) is 7.85. The van der Waals surface area contributed by atoms with Gasteiger partial charge in [-0.1, -0.05) is 17.7 Å². The Morgan fingerprint density at radius 2 is 1.83 bits per heavy atom. The van der Waals surface area contributed by atoms with Gasteiger partial charge < -0.3 is 5.32 Å². The molecule has 1 aromatic carbocycles. The zero-order valence-corrected chi connectivity index (χ0v) is 17.8. The molecule has 1 aliphatic carbocycles. The van der Waals surface area contributed by atoms with Crippen LogP contribution >= 0.6 is 11.6 Å². The minimum absolute atomic E-state index is 0.284. The smallest absolute Gasteiger partial charge is 0.310 e. The highest BCUT2D eigenvalue weighted by molar-refractivity contribution is 7.92. The number of amides is 1. The summed E-state index contributed by atoms with van der Waals surface area (Å²) in [7, 11) is -4.05. The second kappa shape index (κ2) is 7.85. The number of sulfone groups is 1. The molecule has 1 fully saturated rings. The Hall–Kier alpha value is -2.13. The van der Waals surface area contributed by atoms with Crippen molar-refractivity contribution in [3.63, 3.8) is 0 Å². The fourth-order valence-corrected chi connectivity index (χ4v) is 5.33. The van der Waals surface area contributed by atoms with Crippen LogP contribution in [0.25, 0.3) is 0 Å². The molecule has 1 saturated carbocycles. The summed E-state index contributed by atoms with van der Waals surface area (Å²) in [4.78, 5) is 16.0. The number of nitrogens with zero attached hydrogens (tertiary/aromatic N) is 1. The molecule has 0 atom stereocenters. The molecule has 0 saturated heterocycles. The van der Waals surface area contributed by atoms with Crippen molar-refractivity contribution in [2.75, 3.05) is 5.32 Å². The van der Waals surface area contributed by atoms with Gasteiger partial charge in [0.1, 0.15) is 5.82 Å². The normalized spacial score (nSPS) is 19.8. The molecule has 0 radical (unpaired) electrons. The Labute approximate surface area is 177 Å². The van der Waals surface area contributed by atoms with Crippen molar-refractivity contribution < 1.29 is 26.4 Å². The maximum atomic E-state index is 13.1. The maximum absolute atomic E-state index is 13.1. The van der Waals surface area contributed by atoms with Gasteiger partial charge in [-0.2, -0.15) is 13.2 Å². The summed E-state index contributed by atoms with van der Waals surface area (Å²) >= 11 is 5.75. The molecule has 162 valence electrons. The van der Waals surface area contributed by atoms with E-state index in [0.29, 0.717) is 29.7 Å². The topological polar surface area (TPSA) is 76.1 Å². The lowest BCUT2D eigenvalue weighted by molar-refractivity contribution is -0.137.